The maximum atomic E-state index is 4.89. The van der Waals surface area contributed by atoms with Gasteiger partial charge in [-0.05, 0) is 34.9 Å². The second kappa shape index (κ2) is 4.95. The van der Waals surface area contributed by atoms with Gasteiger partial charge < -0.3 is 0 Å². The molecule has 20 heavy (non-hydrogen) atoms. The summed E-state index contributed by atoms with van der Waals surface area (Å²) in [6.45, 7) is 0. The Hall–Kier alpha value is -1.80. The molecule has 1 aliphatic rings. The Bertz CT molecular complexity index is 765. The molecule has 1 aliphatic heterocycles. The third-order valence-electron chi connectivity index (χ3n) is 3.87. The van der Waals surface area contributed by atoms with Gasteiger partial charge in [0.25, 0.3) is 0 Å². The third kappa shape index (κ3) is 1.92. The average molecular weight is 277 g/mol. The number of para-hydroxylation sites is 1. The lowest BCUT2D eigenvalue weighted by molar-refractivity contribution is 1.01. The normalized spacial score (nSPS) is 14.2. The molecule has 0 fully saturated rings. The van der Waals surface area contributed by atoms with Crippen molar-refractivity contribution in [3.8, 4) is 11.1 Å². The van der Waals surface area contributed by atoms with Crippen LogP contribution in [0.3, 0.4) is 0 Å². The topological polar surface area (TPSA) is 12.9 Å². The second-order valence-electron chi connectivity index (χ2n) is 5.10. The number of fused-ring (bicyclic) bond motifs is 2. The van der Waals surface area contributed by atoms with Crippen molar-refractivity contribution in [2.75, 3.05) is 5.75 Å². The van der Waals surface area contributed by atoms with Gasteiger partial charge in [-0.1, -0.05) is 48.5 Å². The first-order valence-electron chi connectivity index (χ1n) is 6.97. The van der Waals surface area contributed by atoms with Crippen molar-refractivity contribution in [1.82, 2.24) is 4.98 Å². The molecule has 2 heterocycles. The van der Waals surface area contributed by atoms with Gasteiger partial charge in [0.2, 0.25) is 0 Å². The van der Waals surface area contributed by atoms with E-state index in [0.29, 0.717) is 0 Å². The summed E-state index contributed by atoms with van der Waals surface area (Å²) in [5.74, 6) is 2.27. The van der Waals surface area contributed by atoms with Crippen molar-refractivity contribution >= 4 is 22.7 Å². The number of hydrogen-bond acceptors (Lipinski definition) is 2. The smallest absolute Gasteiger partial charge is 0.0711 e. The fraction of sp³-hybridized carbons (Fsp3) is 0.167. The highest BCUT2D eigenvalue weighted by molar-refractivity contribution is 7.98. The predicted octanol–water partition coefficient (Wildman–Crippen LogP) is 4.69. The van der Waals surface area contributed by atoms with E-state index in [4.69, 9.17) is 4.98 Å². The largest absolute Gasteiger partial charge is 0.252 e. The summed E-state index contributed by atoms with van der Waals surface area (Å²) in [7, 11) is 0. The molecular formula is C18H15NS. The predicted molar refractivity (Wildman–Crippen MR) is 87.0 cm³/mol. The van der Waals surface area contributed by atoms with Crippen LogP contribution >= 0.6 is 11.8 Å². The molecule has 0 N–H and O–H groups in total. The quantitative estimate of drug-likeness (QED) is 0.640. The lowest BCUT2D eigenvalue weighted by atomic mass is 9.94. The molecule has 0 saturated carbocycles. The number of aromatic nitrogens is 1. The van der Waals surface area contributed by atoms with E-state index >= 15 is 0 Å². The minimum Gasteiger partial charge on any atom is -0.252 e. The summed E-state index contributed by atoms with van der Waals surface area (Å²) in [4.78, 5) is 4.89. The van der Waals surface area contributed by atoms with E-state index < -0.39 is 0 Å². The molecule has 0 bridgehead atoms. The Kier molecular flexibility index (Phi) is 2.96. The third-order valence-corrected chi connectivity index (χ3v) is 4.86. The van der Waals surface area contributed by atoms with Crippen molar-refractivity contribution < 1.29 is 0 Å². The SMILES string of the molecule is c1ccc(-c2c3c(nc4ccccc24)CCSC3)cc1. The van der Waals surface area contributed by atoms with E-state index in [1.807, 2.05) is 11.8 Å². The summed E-state index contributed by atoms with van der Waals surface area (Å²) in [5, 5.41) is 1.28. The van der Waals surface area contributed by atoms with Gasteiger partial charge in [0.1, 0.15) is 0 Å². The lowest BCUT2D eigenvalue weighted by Crippen LogP contribution is -2.07. The van der Waals surface area contributed by atoms with Gasteiger partial charge in [-0.15, -0.1) is 0 Å². The minimum atomic E-state index is 1.08. The molecule has 0 aliphatic carbocycles. The molecule has 0 spiro atoms. The number of benzene rings is 2. The van der Waals surface area contributed by atoms with Crippen LogP contribution in [-0.2, 0) is 12.2 Å². The molecule has 4 rings (SSSR count). The van der Waals surface area contributed by atoms with Crippen LogP contribution in [0, 0.1) is 0 Å². The number of hydrogen-bond donors (Lipinski definition) is 0. The van der Waals surface area contributed by atoms with Gasteiger partial charge >= 0.3 is 0 Å². The summed E-state index contributed by atoms with van der Waals surface area (Å²) in [6, 6.07) is 19.2. The van der Waals surface area contributed by atoms with Crippen LogP contribution in [0.1, 0.15) is 11.3 Å². The van der Waals surface area contributed by atoms with Gasteiger partial charge in [-0.3, -0.25) is 4.98 Å². The highest BCUT2D eigenvalue weighted by atomic mass is 32.2. The van der Waals surface area contributed by atoms with Crippen molar-refractivity contribution in [2.45, 2.75) is 12.2 Å². The number of aryl methyl sites for hydroxylation is 1. The Labute approximate surface area is 123 Å². The number of rotatable bonds is 1. The molecule has 0 saturated heterocycles. The molecule has 0 amide bonds. The van der Waals surface area contributed by atoms with Crippen LogP contribution in [0.15, 0.2) is 54.6 Å². The zero-order chi connectivity index (χ0) is 13.4. The fourth-order valence-corrected chi connectivity index (χ4v) is 3.94. The van der Waals surface area contributed by atoms with Crippen LogP contribution in [0.4, 0.5) is 0 Å². The summed E-state index contributed by atoms with van der Waals surface area (Å²) >= 11 is 2.01. The number of nitrogens with zero attached hydrogens (tertiary/aromatic N) is 1. The van der Waals surface area contributed by atoms with Crippen LogP contribution in [0.25, 0.3) is 22.0 Å². The Morgan fingerprint density at radius 2 is 1.70 bits per heavy atom. The van der Waals surface area contributed by atoms with E-state index in [1.165, 1.54) is 33.5 Å². The average Bonchev–Trinajstić information content (AvgIpc) is 2.53. The van der Waals surface area contributed by atoms with E-state index in [-0.39, 0.29) is 0 Å². The number of pyridine rings is 1. The van der Waals surface area contributed by atoms with Gasteiger partial charge in [0.05, 0.1) is 5.52 Å². The second-order valence-corrected chi connectivity index (χ2v) is 6.20. The van der Waals surface area contributed by atoms with Crippen molar-refractivity contribution in [2.24, 2.45) is 0 Å². The van der Waals surface area contributed by atoms with Crippen molar-refractivity contribution in [1.29, 1.82) is 0 Å². The van der Waals surface area contributed by atoms with E-state index in [0.717, 1.165) is 17.7 Å². The van der Waals surface area contributed by atoms with E-state index in [2.05, 4.69) is 54.6 Å². The summed E-state index contributed by atoms with van der Waals surface area (Å²) in [6.07, 6.45) is 1.09. The monoisotopic (exact) mass is 277 g/mol. The zero-order valence-corrected chi connectivity index (χ0v) is 12.0. The Morgan fingerprint density at radius 1 is 0.900 bits per heavy atom. The van der Waals surface area contributed by atoms with Gasteiger partial charge in [0.15, 0.2) is 0 Å². The molecular weight excluding hydrogens is 262 g/mol. The van der Waals surface area contributed by atoms with Gasteiger partial charge in [-0.2, -0.15) is 11.8 Å². The lowest BCUT2D eigenvalue weighted by Gasteiger charge is -2.20. The highest BCUT2D eigenvalue weighted by Crippen LogP contribution is 2.37. The summed E-state index contributed by atoms with van der Waals surface area (Å²) in [5.41, 5.74) is 6.55. The molecule has 0 atom stereocenters. The zero-order valence-electron chi connectivity index (χ0n) is 11.2. The van der Waals surface area contributed by atoms with E-state index in [9.17, 15) is 0 Å². The Balaban J connectivity index is 2.10. The van der Waals surface area contributed by atoms with Crippen LogP contribution < -0.4 is 0 Å². The van der Waals surface area contributed by atoms with Gasteiger partial charge in [0, 0.05) is 16.8 Å². The molecule has 98 valence electrons. The maximum absolute atomic E-state index is 4.89. The fourth-order valence-electron chi connectivity index (χ4n) is 2.94. The number of thioether (sulfide) groups is 1. The van der Waals surface area contributed by atoms with Crippen LogP contribution in [-0.4, -0.2) is 10.7 Å². The van der Waals surface area contributed by atoms with E-state index in [1.54, 1.807) is 0 Å². The molecule has 1 aromatic heterocycles. The maximum Gasteiger partial charge on any atom is 0.0711 e. The Morgan fingerprint density at radius 3 is 2.60 bits per heavy atom. The molecule has 2 heteroatoms. The standard InChI is InChI=1S/C18H15NS/c1-2-6-13(7-3-1)18-14-8-4-5-9-16(14)19-17-10-11-20-12-15(17)18/h1-9H,10-12H2. The van der Waals surface area contributed by atoms with Crippen LogP contribution in [0.5, 0.6) is 0 Å². The first-order valence-corrected chi connectivity index (χ1v) is 8.12. The van der Waals surface area contributed by atoms with Crippen molar-refractivity contribution in [3.05, 3.63) is 65.9 Å². The first kappa shape index (κ1) is 12.0. The van der Waals surface area contributed by atoms with Crippen molar-refractivity contribution in [3.63, 3.8) is 0 Å². The van der Waals surface area contributed by atoms with Gasteiger partial charge in [-0.25, -0.2) is 0 Å². The van der Waals surface area contributed by atoms with Crippen LogP contribution in [0.2, 0.25) is 0 Å². The molecule has 2 aromatic carbocycles. The molecule has 0 radical (unpaired) electrons. The molecule has 0 unspecified atom stereocenters. The highest BCUT2D eigenvalue weighted by Gasteiger charge is 2.18. The summed E-state index contributed by atoms with van der Waals surface area (Å²) < 4.78 is 0. The molecule has 3 aromatic rings. The molecule has 1 nitrogen and oxygen atoms in total. The first-order chi connectivity index (χ1) is 9.93. The minimum absolute atomic E-state index is 1.08.